The molecule has 2 aromatic carbocycles. The quantitative estimate of drug-likeness (QED) is 0.851. The van der Waals surface area contributed by atoms with E-state index in [1.807, 2.05) is 6.92 Å². The highest BCUT2D eigenvalue weighted by molar-refractivity contribution is 9.10. The number of benzene rings is 2. The third kappa shape index (κ3) is 3.04. The number of hydrogen-bond donors (Lipinski definition) is 1. The van der Waals surface area contributed by atoms with E-state index in [4.69, 9.17) is 0 Å². The fourth-order valence-electron chi connectivity index (χ4n) is 1.72. The van der Waals surface area contributed by atoms with Gasteiger partial charge in [0.05, 0.1) is 5.69 Å². The van der Waals surface area contributed by atoms with Gasteiger partial charge in [-0.25, -0.2) is 8.78 Å². The second kappa shape index (κ2) is 5.71. The molecule has 20 heavy (non-hydrogen) atoms. The molecule has 0 unspecified atom stereocenters. The van der Waals surface area contributed by atoms with E-state index in [9.17, 15) is 13.6 Å². The Labute approximate surface area is 123 Å². The maximum absolute atomic E-state index is 13.7. The van der Waals surface area contributed by atoms with Gasteiger partial charge >= 0.3 is 0 Å². The van der Waals surface area contributed by atoms with Crippen molar-refractivity contribution in [1.29, 1.82) is 0 Å². The van der Waals surface area contributed by atoms with Crippen LogP contribution in [0, 0.1) is 25.5 Å². The van der Waals surface area contributed by atoms with Crippen molar-refractivity contribution in [3.8, 4) is 0 Å². The fourth-order valence-corrected chi connectivity index (χ4v) is 1.97. The van der Waals surface area contributed by atoms with Crippen LogP contribution in [0.4, 0.5) is 14.5 Å². The molecule has 104 valence electrons. The topological polar surface area (TPSA) is 29.1 Å². The predicted octanol–water partition coefficient (Wildman–Crippen LogP) is 4.60. The van der Waals surface area contributed by atoms with Crippen molar-refractivity contribution in [3.63, 3.8) is 0 Å². The van der Waals surface area contributed by atoms with Crippen LogP contribution in [-0.4, -0.2) is 5.91 Å². The molecule has 5 heteroatoms. The van der Waals surface area contributed by atoms with Crippen LogP contribution in [0.25, 0.3) is 0 Å². The molecule has 0 fully saturated rings. The van der Waals surface area contributed by atoms with Gasteiger partial charge in [-0.15, -0.1) is 0 Å². The Morgan fingerprint density at radius 2 is 1.75 bits per heavy atom. The zero-order chi connectivity index (χ0) is 14.9. The third-order valence-corrected chi connectivity index (χ3v) is 3.81. The smallest absolute Gasteiger partial charge is 0.255 e. The van der Waals surface area contributed by atoms with Crippen molar-refractivity contribution >= 4 is 27.5 Å². The minimum absolute atomic E-state index is 0.168. The molecule has 0 saturated heterocycles. The number of aryl methyl sites for hydroxylation is 2. The molecule has 0 heterocycles. The Morgan fingerprint density at radius 3 is 2.40 bits per heavy atom. The fraction of sp³-hybridized carbons (Fsp3) is 0.133. The lowest BCUT2D eigenvalue weighted by atomic mass is 10.1. The van der Waals surface area contributed by atoms with E-state index in [0.29, 0.717) is 5.56 Å². The first-order valence-corrected chi connectivity index (χ1v) is 6.71. The molecule has 0 aromatic heterocycles. The van der Waals surface area contributed by atoms with E-state index in [0.717, 1.165) is 22.2 Å². The number of halogens is 3. The van der Waals surface area contributed by atoms with Gasteiger partial charge in [0.2, 0.25) is 0 Å². The average molecular weight is 340 g/mol. The largest absolute Gasteiger partial charge is 0.319 e. The lowest BCUT2D eigenvalue weighted by molar-refractivity contribution is 0.102. The van der Waals surface area contributed by atoms with Crippen LogP contribution in [0.15, 0.2) is 34.8 Å². The highest BCUT2D eigenvalue weighted by Gasteiger charge is 2.12. The maximum atomic E-state index is 13.7. The maximum Gasteiger partial charge on any atom is 0.255 e. The lowest BCUT2D eigenvalue weighted by Crippen LogP contribution is -2.13. The van der Waals surface area contributed by atoms with E-state index in [2.05, 4.69) is 21.2 Å². The number of anilines is 1. The van der Waals surface area contributed by atoms with E-state index >= 15 is 0 Å². The Morgan fingerprint density at radius 1 is 1.05 bits per heavy atom. The molecule has 0 aliphatic carbocycles. The van der Waals surface area contributed by atoms with Crippen LogP contribution in [0.5, 0.6) is 0 Å². The zero-order valence-electron chi connectivity index (χ0n) is 10.9. The van der Waals surface area contributed by atoms with Crippen LogP contribution in [-0.2, 0) is 0 Å². The first-order valence-electron chi connectivity index (χ1n) is 5.91. The summed E-state index contributed by atoms with van der Waals surface area (Å²) in [5.41, 5.74) is 1.29. The number of nitrogens with one attached hydrogen (secondary N) is 1. The van der Waals surface area contributed by atoms with Gasteiger partial charge in [0.25, 0.3) is 5.91 Å². The van der Waals surface area contributed by atoms with Crippen molar-refractivity contribution < 1.29 is 13.6 Å². The summed E-state index contributed by atoms with van der Waals surface area (Å²) >= 11 is 3.33. The molecule has 2 nitrogen and oxygen atoms in total. The minimum Gasteiger partial charge on any atom is -0.319 e. The molecule has 2 rings (SSSR count). The minimum atomic E-state index is -0.661. The molecular formula is C15H12BrF2NO. The van der Waals surface area contributed by atoms with E-state index < -0.39 is 17.5 Å². The van der Waals surface area contributed by atoms with Gasteiger partial charge in [0.15, 0.2) is 0 Å². The summed E-state index contributed by atoms with van der Waals surface area (Å²) in [6, 6.07) is 7.04. The van der Waals surface area contributed by atoms with Gasteiger partial charge in [-0.1, -0.05) is 15.9 Å². The Hall–Kier alpha value is -1.75. The predicted molar refractivity (Wildman–Crippen MR) is 77.9 cm³/mol. The highest BCUT2D eigenvalue weighted by atomic mass is 79.9. The summed E-state index contributed by atoms with van der Waals surface area (Å²) in [7, 11) is 0. The number of carbonyl (C=O) groups excluding carboxylic acids is 1. The highest BCUT2D eigenvalue weighted by Crippen LogP contribution is 2.21. The van der Waals surface area contributed by atoms with Gasteiger partial charge in [-0.2, -0.15) is 0 Å². The van der Waals surface area contributed by atoms with Crippen molar-refractivity contribution in [2.45, 2.75) is 13.8 Å². The van der Waals surface area contributed by atoms with Gasteiger partial charge in [-0.3, -0.25) is 4.79 Å². The van der Waals surface area contributed by atoms with E-state index in [1.165, 1.54) is 6.92 Å². The van der Waals surface area contributed by atoms with E-state index in [1.54, 1.807) is 18.2 Å². The Bertz CT molecular complexity index is 686. The number of hydrogen-bond acceptors (Lipinski definition) is 1. The molecular weight excluding hydrogens is 328 g/mol. The van der Waals surface area contributed by atoms with Crippen molar-refractivity contribution in [3.05, 3.63) is 63.1 Å². The first-order chi connectivity index (χ1) is 9.38. The van der Waals surface area contributed by atoms with Crippen LogP contribution < -0.4 is 5.32 Å². The van der Waals surface area contributed by atoms with Gasteiger partial charge < -0.3 is 5.32 Å². The SMILES string of the molecule is Cc1cc(F)c(NC(=O)c2ccc(Br)c(C)c2)cc1F. The molecule has 1 amide bonds. The second-order valence-corrected chi connectivity index (χ2v) is 5.35. The normalized spacial score (nSPS) is 10.4. The van der Waals surface area contributed by atoms with Gasteiger partial charge in [-0.05, 0) is 49.2 Å². The van der Waals surface area contributed by atoms with Crippen molar-refractivity contribution in [1.82, 2.24) is 0 Å². The molecule has 0 aliphatic heterocycles. The summed E-state index contributed by atoms with van der Waals surface area (Å²) < 4.78 is 27.9. The van der Waals surface area contributed by atoms with Crippen molar-refractivity contribution in [2.24, 2.45) is 0 Å². The van der Waals surface area contributed by atoms with Crippen LogP contribution in [0.3, 0.4) is 0 Å². The number of amides is 1. The molecule has 0 atom stereocenters. The molecule has 0 saturated carbocycles. The summed E-state index contributed by atoms with van der Waals surface area (Å²) in [6.07, 6.45) is 0. The van der Waals surface area contributed by atoms with Gasteiger partial charge in [0, 0.05) is 16.1 Å². The zero-order valence-corrected chi connectivity index (χ0v) is 12.5. The summed E-state index contributed by atoms with van der Waals surface area (Å²) in [5, 5.41) is 2.37. The second-order valence-electron chi connectivity index (χ2n) is 4.50. The standard InChI is InChI=1S/C15H12BrF2NO/c1-8-5-10(3-4-11(8)16)15(20)19-14-7-12(17)9(2)6-13(14)18/h3-7H,1-2H3,(H,19,20). The summed E-state index contributed by atoms with van der Waals surface area (Å²) in [6.45, 7) is 3.30. The van der Waals surface area contributed by atoms with Crippen molar-refractivity contribution in [2.75, 3.05) is 5.32 Å². The number of carbonyl (C=O) groups is 1. The Kier molecular flexibility index (Phi) is 4.18. The van der Waals surface area contributed by atoms with E-state index in [-0.39, 0.29) is 11.3 Å². The third-order valence-electron chi connectivity index (χ3n) is 2.92. The van der Waals surface area contributed by atoms with Crippen LogP contribution in [0.1, 0.15) is 21.5 Å². The van der Waals surface area contributed by atoms with Crippen LogP contribution >= 0.6 is 15.9 Å². The first kappa shape index (κ1) is 14.7. The molecule has 0 radical (unpaired) electrons. The molecule has 2 aromatic rings. The average Bonchev–Trinajstić information content (AvgIpc) is 2.39. The molecule has 0 bridgehead atoms. The molecule has 0 spiro atoms. The Balaban J connectivity index is 2.27. The molecule has 0 aliphatic rings. The van der Waals surface area contributed by atoms with Crippen LogP contribution in [0.2, 0.25) is 0 Å². The monoisotopic (exact) mass is 339 g/mol. The lowest BCUT2D eigenvalue weighted by Gasteiger charge is -2.09. The molecule has 1 N–H and O–H groups in total. The van der Waals surface area contributed by atoms with Gasteiger partial charge in [0.1, 0.15) is 11.6 Å². The summed E-state index contributed by atoms with van der Waals surface area (Å²) in [5.74, 6) is -1.71. The summed E-state index contributed by atoms with van der Waals surface area (Å²) in [4.78, 5) is 12.0. The number of rotatable bonds is 2.